The van der Waals surface area contributed by atoms with Gasteiger partial charge in [-0.1, -0.05) is 31.6 Å². The van der Waals surface area contributed by atoms with Crippen LogP contribution < -0.4 is 0 Å². The summed E-state index contributed by atoms with van der Waals surface area (Å²) in [6.07, 6.45) is 5.41. The number of carbonyl (C=O) groups is 3. The first-order chi connectivity index (χ1) is 12.0. The highest BCUT2D eigenvalue weighted by molar-refractivity contribution is 6.04. The number of unbranched alkanes of at least 4 members (excludes halogenated alkanes) is 2. The Morgan fingerprint density at radius 3 is 2.64 bits per heavy atom. The van der Waals surface area contributed by atoms with Crippen LogP contribution in [0.4, 0.5) is 0 Å². The molecule has 0 spiro atoms. The molecule has 1 saturated carbocycles. The van der Waals surface area contributed by atoms with Crippen LogP contribution in [-0.4, -0.2) is 30.4 Å². The highest BCUT2D eigenvalue weighted by Gasteiger charge is 2.47. The molecule has 5 nitrogen and oxygen atoms in total. The van der Waals surface area contributed by atoms with Crippen molar-refractivity contribution in [2.75, 3.05) is 6.61 Å². The summed E-state index contributed by atoms with van der Waals surface area (Å²) in [7, 11) is 0. The molecule has 5 heteroatoms. The molecule has 0 heterocycles. The molecule has 2 atom stereocenters. The van der Waals surface area contributed by atoms with Crippen LogP contribution in [-0.2, 0) is 23.9 Å². The molecule has 0 aromatic heterocycles. The van der Waals surface area contributed by atoms with E-state index in [0.29, 0.717) is 25.7 Å². The lowest BCUT2D eigenvalue weighted by Gasteiger charge is -2.33. The van der Waals surface area contributed by atoms with Crippen molar-refractivity contribution in [2.45, 2.75) is 84.7 Å². The van der Waals surface area contributed by atoms with Crippen molar-refractivity contribution in [3.05, 3.63) is 0 Å². The van der Waals surface area contributed by atoms with Gasteiger partial charge < -0.3 is 9.47 Å². The fourth-order valence-electron chi connectivity index (χ4n) is 3.13. The van der Waals surface area contributed by atoms with Gasteiger partial charge in [0.2, 0.25) is 0 Å². The number of ether oxygens (including phenoxy) is 2. The van der Waals surface area contributed by atoms with Crippen molar-refractivity contribution in [3.63, 3.8) is 0 Å². The van der Waals surface area contributed by atoms with Crippen molar-refractivity contribution in [2.24, 2.45) is 5.41 Å². The Hall–Kier alpha value is -1.83. The Kier molecular flexibility index (Phi) is 9.26. The van der Waals surface area contributed by atoms with Crippen LogP contribution in [0.5, 0.6) is 0 Å². The van der Waals surface area contributed by atoms with E-state index in [2.05, 4.69) is 18.8 Å². The number of hydrogen-bond acceptors (Lipinski definition) is 5. The zero-order valence-electron chi connectivity index (χ0n) is 15.7. The minimum Gasteiger partial charge on any atom is -0.465 e. The molecule has 140 valence electrons. The van der Waals surface area contributed by atoms with E-state index >= 15 is 0 Å². The molecule has 0 bridgehead atoms. The monoisotopic (exact) mass is 350 g/mol. The first-order valence-corrected chi connectivity index (χ1v) is 9.32. The first kappa shape index (κ1) is 21.2. The van der Waals surface area contributed by atoms with E-state index in [1.165, 1.54) is 6.92 Å². The van der Waals surface area contributed by atoms with Crippen molar-refractivity contribution in [1.82, 2.24) is 0 Å². The summed E-state index contributed by atoms with van der Waals surface area (Å²) in [6, 6.07) is 0. The predicted octanol–water partition coefficient (Wildman–Crippen LogP) is 3.58. The molecule has 1 aliphatic carbocycles. The highest BCUT2D eigenvalue weighted by atomic mass is 16.5. The third-order valence-electron chi connectivity index (χ3n) is 4.52. The van der Waals surface area contributed by atoms with Gasteiger partial charge in [0.1, 0.15) is 11.2 Å². The Morgan fingerprint density at radius 1 is 1.28 bits per heavy atom. The maximum Gasteiger partial charge on any atom is 0.319 e. The summed E-state index contributed by atoms with van der Waals surface area (Å²) in [5, 5.41) is 0. The van der Waals surface area contributed by atoms with Crippen LogP contribution >= 0.6 is 0 Å². The minimum atomic E-state index is -1.10. The SMILES string of the molecule is CCCCC#CC(CCC1(C(=O)OCC)CCCCC1=O)OC(C)=O. The van der Waals surface area contributed by atoms with E-state index in [9.17, 15) is 14.4 Å². The second kappa shape index (κ2) is 10.9. The summed E-state index contributed by atoms with van der Waals surface area (Å²) >= 11 is 0. The molecule has 0 saturated heterocycles. The van der Waals surface area contributed by atoms with Crippen LogP contribution in [0.1, 0.15) is 78.6 Å². The van der Waals surface area contributed by atoms with Gasteiger partial charge in [0.05, 0.1) is 6.61 Å². The maximum atomic E-state index is 12.5. The van der Waals surface area contributed by atoms with Crippen molar-refractivity contribution in [3.8, 4) is 11.8 Å². The van der Waals surface area contributed by atoms with Crippen LogP contribution in [0.25, 0.3) is 0 Å². The molecule has 1 rings (SSSR count). The lowest BCUT2D eigenvalue weighted by Crippen LogP contribution is -2.43. The van der Waals surface area contributed by atoms with E-state index in [4.69, 9.17) is 9.47 Å². The van der Waals surface area contributed by atoms with Gasteiger partial charge in [-0.2, -0.15) is 0 Å². The summed E-state index contributed by atoms with van der Waals surface area (Å²) in [5.74, 6) is 5.09. The highest BCUT2D eigenvalue weighted by Crippen LogP contribution is 2.39. The average Bonchev–Trinajstić information content (AvgIpc) is 2.57. The second-order valence-electron chi connectivity index (χ2n) is 6.49. The zero-order valence-corrected chi connectivity index (χ0v) is 15.7. The lowest BCUT2D eigenvalue weighted by atomic mass is 9.69. The Labute approximate surface area is 150 Å². The summed E-state index contributed by atoms with van der Waals surface area (Å²) in [4.78, 5) is 36.3. The fourth-order valence-corrected chi connectivity index (χ4v) is 3.13. The quantitative estimate of drug-likeness (QED) is 0.290. The molecule has 0 amide bonds. The topological polar surface area (TPSA) is 69.7 Å². The predicted molar refractivity (Wildman–Crippen MR) is 94.6 cm³/mol. The van der Waals surface area contributed by atoms with Gasteiger partial charge >= 0.3 is 11.9 Å². The van der Waals surface area contributed by atoms with E-state index in [1.54, 1.807) is 6.92 Å². The van der Waals surface area contributed by atoms with Gasteiger partial charge in [-0.05, 0) is 39.0 Å². The van der Waals surface area contributed by atoms with Gasteiger partial charge in [0.15, 0.2) is 6.10 Å². The van der Waals surface area contributed by atoms with Crippen molar-refractivity contribution < 1.29 is 23.9 Å². The molecule has 0 aliphatic heterocycles. The molecule has 1 aliphatic rings. The molecule has 0 aromatic rings. The molecular weight excluding hydrogens is 320 g/mol. The number of hydrogen-bond donors (Lipinski definition) is 0. The van der Waals surface area contributed by atoms with Gasteiger partial charge in [-0.3, -0.25) is 14.4 Å². The standard InChI is InChI=1S/C20H30O5/c1-4-6-7-8-11-17(25-16(3)21)13-15-20(19(23)24-5-2)14-10-9-12-18(20)22/h17H,4-7,9-10,12-15H2,1-3H3. The Balaban J connectivity index is 2.85. The van der Waals surface area contributed by atoms with Gasteiger partial charge in [0.25, 0.3) is 0 Å². The van der Waals surface area contributed by atoms with Gasteiger partial charge in [-0.25, -0.2) is 0 Å². The second-order valence-corrected chi connectivity index (χ2v) is 6.49. The number of esters is 2. The fraction of sp³-hybridized carbons (Fsp3) is 0.750. The lowest BCUT2D eigenvalue weighted by molar-refractivity contribution is -0.163. The number of Topliss-reactive ketones (excluding diaryl/α,β-unsaturated/α-hetero) is 1. The van der Waals surface area contributed by atoms with Gasteiger partial charge in [-0.15, -0.1) is 0 Å². The third kappa shape index (κ3) is 6.53. The zero-order chi connectivity index (χ0) is 18.7. The molecule has 1 fully saturated rings. The van der Waals surface area contributed by atoms with E-state index in [0.717, 1.165) is 32.1 Å². The normalized spacial score (nSPS) is 21.0. The summed E-state index contributed by atoms with van der Waals surface area (Å²) in [6.45, 7) is 5.41. The van der Waals surface area contributed by atoms with Crippen LogP contribution in [0.2, 0.25) is 0 Å². The van der Waals surface area contributed by atoms with Crippen LogP contribution in [0.3, 0.4) is 0 Å². The van der Waals surface area contributed by atoms with Crippen LogP contribution in [0, 0.1) is 17.3 Å². The molecule has 25 heavy (non-hydrogen) atoms. The number of carbonyl (C=O) groups excluding carboxylic acids is 3. The first-order valence-electron chi connectivity index (χ1n) is 9.32. The number of rotatable bonds is 8. The summed E-state index contributed by atoms with van der Waals surface area (Å²) in [5.41, 5.74) is -1.10. The largest absolute Gasteiger partial charge is 0.465 e. The molecule has 0 N–H and O–H groups in total. The maximum absolute atomic E-state index is 12.5. The Morgan fingerprint density at radius 2 is 2.04 bits per heavy atom. The molecule has 0 radical (unpaired) electrons. The number of ketones is 1. The summed E-state index contributed by atoms with van der Waals surface area (Å²) < 4.78 is 10.4. The molecule has 2 unspecified atom stereocenters. The van der Waals surface area contributed by atoms with Crippen molar-refractivity contribution in [1.29, 1.82) is 0 Å². The van der Waals surface area contributed by atoms with Gasteiger partial charge in [0, 0.05) is 19.8 Å². The molecular formula is C20H30O5. The third-order valence-corrected chi connectivity index (χ3v) is 4.52. The molecule has 0 aromatic carbocycles. The van der Waals surface area contributed by atoms with E-state index in [-0.39, 0.29) is 12.4 Å². The average molecular weight is 350 g/mol. The van der Waals surface area contributed by atoms with E-state index < -0.39 is 23.5 Å². The Bertz CT molecular complexity index is 528. The minimum absolute atomic E-state index is 0.0577. The smallest absolute Gasteiger partial charge is 0.319 e. The van der Waals surface area contributed by atoms with E-state index in [1.807, 2.05) is 0 Å². The van der Waals surface area contributed by atoms with Crippen LogP contribution in [0.15, 0.2) is 0 Å². The van der Waals surface area contributed by atoms with Crippen molar-refractivity contribution >= 4 is 17.7 Å².